The molecule has 0 aliphatic rings. The summed E-state index contributed by atoms with van der Waals surface area (Å²) < 4.78 is 0. The van der Waals surface area contributed by atoms with E-state index in [0.29, 0.717) is 5.92 Å². The molecule has 0 bridgehead atoms. The molecule has 92 valence electrons. The zero-order valence-electron chi connectivity index (χ0n) is 10.5. The Morgan fingerprint density at radius 3 is 3.00 bits per heavy atom. The van der Waals surface area contributed by atoms with Crippen LogP contribution in [0.4, 0.5) is 0 Å². The molecule has 0 unspecified atom stereocenters. The van der Waals surface area contributed by atoms with E-state index in [1.807, 2.05) is 29.3 Å². The third-order valence-corrected chi connectivity index (χ3v) is 4.38. The maximum Gasteiger partial charge on any atom is 0.103 e. The summed E-state index contributed by atoms with van der Waals surface area (Å²) in [6, 6.07) is 0. The van der Waals surface area contributed by atoms with E-state index < -0.39 is 0 Å². The third kappa shape index (κ3) is 5.87. The quantitative estimate of drug-likeness (QED) is 0.722. The third-order valence-electron chi connectivity index (χ3n) is 2.03. The van der Waals surface area contributed by atoms with Gasteiger partial charge in [-0.2, -0.15) is 11.8 Å². The molecule has 1 aromatic heterocycles. The van der Waals surface area contributed by atoms with Gasteiger partial charge in [-0.15, -0.1) is 11.3 Å². The highest BCUT2D eigenvalue weighted by atomic mass is 32.2. The highest BCUT2D eigenvalue weighted by molar-refractivity contribution is 7.98. The zero-order valence-corrected chi connectivity index (χ0v) is 12.1. The lowest BCUT2D eigenvalue weighted by Crippen LogP contribution is -2.18. The Morgan fingerprint density at radius 1 is 1.50 bits per heavy atom. The molecule has 0 atom stereocenters. The van der Waals surface area contributed by atoms with Crippen molar-refractivity contribution in [2.45, 2.75) is 39.5 Å². The van der Waals surface area contributed by atoms with Crippen LogP contribution in [0.3, 0.4) is 0 Å². The van der Waals surface area contributed by atoms with Gasteiger partial charge in [0.1, 0.15) is 5.01 Å². The minimum atomic E-state index is 0.715. The van der Waals surface area contributed by atoms with Crippen molar-refractivity contribution in [3.8, 4) is 0 Å². The maximum absolute atomic E-state index is 4.44. The van der Waals surface area contributed by atoms with E-state index in [4.69, 9.17) is 0 Å². The predicted molar refractivity (Wildman–Crippen MR) is 75.1 cm³/mol. The van der Waals surface area contributed by atoms with Gasteiger partial charge in [0.05, 0.1) is 0 Å². The van der Waals surface area contributed by atoms with Crippen molar-refractivity contribution in [1.29, 1.82) is 0 Å². The molecule has 0 saturated carbocycles. The lowest BCUT2D eigenvalue weighted by Gasteiger charge is -2.04. The SMILES string of the molecule is CCCSCc1ncc(CNCC(C)C)s1. The van der Waals surface area contributed by atoms with Crippen LogP contribution in [0, 0.1) is 5.92 Å². The summed E-state index contributed by atoms with van der Waals surface area (Å²) in [5.41, 5.74) is 0. The van der Waals surface area contributed by atoms with Gasteiger partial charge in [0.2, 0.25) is 0 Å². The van der Waals surface area contributed by atoms with Crippen molar-refractivity contribution in [1.82, 2.24) is 10.3 Å². The second-order valence-corrected chi connectivity index (χ2v) is 6.60. The van der Waals surface area contributed by atoms with E-state index in [2.05, 4.69) is 31.1 Å². The van der Waals surface area contributed by atoms with Gasteiger partial charge in [0.25, 0.3) is 0 Å². The van der Waals surface area contributed by atoms with Crippen molar-refractivity contribution < 1.29 is 0 Å². The van der Waals surface area contributed by atoms with Crippen LogP contribution < -0.4 is 5.32 Å². The number of aromatic nitrogens is 1. The van der Waals surface area contributed by atoms with Gasteiger partial charge in [0.15, 0.2) is 0 Å². The first kappa shape index (κ1) is 14.0. The fraction of sp³-hybridized carbons (Fsp3) is 0.750. The highest BCUT2D eigenvalue weighted by Gasteiger charge is 2.02. The van der Waals surface area contributed by atoms with Crippen LogP contribution in [-0.2, 0) is 12.3 Å². The largest absolute Gasteiger partial charge is 0.312 e. The normalized spacial score (nSPS) is 11.2. The summed E-state index contributed by atoms with van der Waals surface area (Å²) in [6.45, 7) is 8.72. The molecule has 4 heteroatoms. The second kappa shape index (κ2) is 8.09. The van der Waals surface area contributed by atoms with Crippen LogP contribution >= 0.6 is 23.1 Å². The van der Waals surface area contributed by atoms with Crippen molar-refractivity contribution in [2.24, 2.45) is 5.92 Å². The van der Waals surface area contributed by atoms with Crippen LogP contribution in [0.1, 0.15) is 37.1 Å². The monoisotopic (exact) mass is 258 g/mol. The van der Waals surface area contributed by atoms with E-state index in [9.17, 15) is 0 Å². The molecule has 1 rings (SSSR count). The smallest absolute Gasteiger partial charge is 0.103 e. The van der Waals surface area contributed by atoms with E-state index in [1.54, 1.807) is 0 Å². The molecule has 1 N–H and O–H groups in total. The lowest BCUT2D eigenvalue weighted by atomic mass is 10.2. The topological polar surface area (TPSA) is 24.9 Å². The Labute approximate surface area is 107 Å². The fourth-order valence-corrected chi connectivity index (χ4v) is 3.14. The Balaban J connectivity index is 2.22. The first-order valence-corrected chi connectivity index (χ1v) is 7.91. The minimum Gasteiger partial charge on any atom is -0.312 e. The molecule has 1 heterocycles. The average Bonchev–Trinajstić information content (AvgIpc) is 2.66. The number of thioether (sulfide) groups is 1. The van der Waals surface area contributed by atoms with Gasteiger partial charge in [-0.1, -0.05) is 20.8 Å². The van der Waals surface area contributed by atoms with Gasteiger partial charge in [-0.05, 0) is 24.6 Å². The highest BCUT2D eigenvalue weighted by Crippen LogP contribution is 2.19. The number of hydrogen-bond acceptors (Lipinski definition) is 4. The Morgan fingerprint density at radius 2 is 2.31 bits per heavy atom. The number of thiazole rings is 1. The van der Waals surface area contributed by atoms with Gasteiger partial charge in [0, 0.05) is 23.4 Å². The summed E-state index contributed by atoms with van der Waals surface area (Å²) >= 11 is 3.82. The van der Waals surface area contributed by atoms with Crippen molar-refractivity contribution >= 4 is 23.1 Å². The first-order valence-electron chi connectivity index (χ1n) is 5.94. The van der Waals surface area contributed by atoms with E-state index in [1.165, 1.54) is 22.1 Å². The molecular weight excluding hydrogens is 236 g/mol. The number of hydrogen-bond donors (Lipinski definition) is 1. The number of nitrogens with one attached hydrogen (secondary N) is 1. The molecule has 1 aromatic rings. The molecule has 16 heavy (non-hydrogen) atoms. The Kier molecular flexibility index (Phi) is 7.08. The predicted octanol–water partition coefficient (Wildman–Crippen LogP) is 3.53. The molecule has 0 amide bonds. The van der Waals surface area contributed by atoms with Gasteiger partial charge >= 0.3 is 0 Å². The number of rotatable bonds is 8. The first-order chi connectivity index (χ1) is 7.72. The minimum absolute atomic E-state index is 0.715. The summed E-state index contributed by atoms with van der Waals surface area (Å²) in [5.74, 6) is 3.02. The summed E-state index contributed by atoms with van der Waals surface area (Å²) in [6.07, 6.45) is 3.26. The van der Waals surface area contributed by atoms with E-state index in [-0.39, 0.29) is 0 Å². The van der Waals surface area contributed by atoms with Crippen LogP contribution in [-0.4, -0.2) is 17.3 Å². The molecule has 0 fully saturated rings. The van der Waals surface area contributed by atoms with E-state index >= 15 is 0 Å². The molecule has 0 aliphatic carbocycles. The molecular formula is C12H22N2S2. The van der Waals surface area contributed by atoms with Crippen molar-refractivity contribution in [2.75, 3.05) is 12.3 Å². The van der Waals surface area contributed by atoms with Crippen molar-refractivity contribution in [3.05, 3.63) is 16.1 Å². The molecule has 2 nitrogen and oxygen atoms in total. The number of nitrogens with zero attached hydrogens (tertiary/aromatic N) is 1. The fourth-order valence-electron chi connectivity index (χ4n) is 1.28. The molecule has 0 spiro atoms. The Bertz CT molecular complexity index is 284. The summed E-state index contributed by atoms with van der Waals surface area (Å²) in [5, 5.41) is 4.71. The molecule has 0 aromatic carbocycles. The van der Waals surface area contributed by atoms with Crippen LogP contribution in [0.2, 0.25) is 0 Å². The molecule has 0 radical (unpaired) electrons. The lowest BCUT2D eigenvalue weighted by molar-refractivity contribution is 0.554. The zero-order chi connectivity index (χ0) is 11.8. The van der Waals surface area contributed by atoms with Gasteiger partial charge < -0.3 is 5.32 Å². The summed E-state index contributed by atoms with van der Waals surface area (Å²) in [7, 11) is 0. The van der Waals surface area contributed by atoms with E-state index in [0.717, 1.165) is 18.8 Å². The van der Waals surface area contributed by atoms with Crippen LogP contribution in [0.25, 0.3) is 0 Å². The standard InChI is InChI=1S/C12H22N2S2/c1-4-5-15-9-12-14-8-11(16-12)7-13-6-10(2)3/h8,10,13H,4-7,9H2,1-3H3. The van der Waals surface area contributed by atoms with Gasteiger partial charge in [-0.25, -0.2) is 4.98 Å². The average molecular weight is 258 g/mol. The second-order valence-electron chi connectivity index (χ2n) is 4.30. The summed E-state index contributed by atoms with van der Waals surface area (Å²) in [4.78, 5) is 5.80. The van der Waals surface area contributed by atoms with Crippen LogP contribution in [0.5, 0.6) is 0 Å². The van der Waals surface area contributed by atoms with Crippen LogP contribution in [0.15, 0.2) is 6.20 Å². The molecule has 0 saturated heterocycles. The van der Waals surface area contributed by atoms with Crippen molar-refractivity contribution in [3.63, 3.8) is 0 Å². The maximum atomic E-state index is 4.44. The molecule has 0 aliphatic heterocycles. The Hall–Kier alpha value is -0.0600. The van der Waals surface area contributed by atoms with Gasteiger partial charge in [-0.3, -0.25) is 0 Å².